The average molecular weight is 304 g/mol. The van der Waals surface area contributed by atoms with Gasteiger partial charge in [0, 0.05) is 5.56 Å². The van der Waals surface area contributed by atoms with Gasteiger partial charge < -0.3 is 10.2 Å². The average Bonchev–Trinajstić information content (AvgIpc) is 2.59. The molecule has 23 heavy (non-hydrogen) atoms. The third kappa shape index (κ3) is 2.93. The first kappa shape index (κ1) is 15.2. The molecule has 0 saturated heterocycles. The minimum atomic E-state index is -0.0630. The van der Waals surface area contributed by atoms with E-state index in [1.165, 1.54) is 0 Å². The molecule has 0 fully saturated rings. The molecule has 2 nitrogen and oxygen atoms in total. The van der Waals surface area contributed by atoms with Crippen molar-refractivity contribution < 1.29 is 10.2 Å². The molecule has 0 aliphatic heterocycles. The van der Waals surface area contributed by atoms with E-state index in [4.69, 9.17) is 0 Å². The molecule has 3 aromatic carbocycles. The minimum Gasteiger partial charge on any atom is -0.504 e. The Hall–Kier alpha value is -2.74. The SMILES string of the molecule is CCCc1cc(O)c(O)c(-c2ccccc2)c1-c1ccccc1. The maximum Gasteiger partial charge on any atom is 0.166 e. The van der Waals surface area contributed by atoms with Crippen LogP contribution in [0.1, 0.15) is 18.9 Å². The second-order valence-electron chi connectivity index (χ2n) is 5.64. The summed E-state index contributed by atoms with van der Waals surface area (Å²) < 4.78 is 0. The summed E-state index contributed by atoms with van der Waals surface area (Å²) in [6, 6.07) is 21.5. The standard InChI is InChI=1S/C21H20O2/c1-2-9-17-14-18(22)21(23)20(16-12-7-4-8-13-16)19(17)15-10-5-3-6-11-15/h3-8,10-14,22-23H,2,9H2,1H3. The van der Waals surface area contributed by atoms with E-state index < -0.39 is 0 Å². The summed E-state index contributed by atoms with van der Waals surface area (Å²) in [5.74, 6) is -0.123. The highest BCUT2D eigenvalue weighted by Crippen LogP contribution is 2.46. The zero-order valence-electron chi connectivity index (χ0n) is 13.2. The van der Waals surface area contributed by atoms with Crippen molar-refractivity contribution in [1.82, 2.24) is 0 Å². The smallest absolute Gasteiger partial charge is 0.166 e. The van der Waals surface area contributed by atoms with Crippen LogP contribution in [0.4, 0.5) is 0 Å². The number of hydrogen-bond acceptors (Lipinski definition) is 2. The zero-order chi connectivity index (χ0) is 16.2. The Labute approximate surface area is 136 Å². The number of benzene rings is 3. The zero-order valence-corrected chi connectivity index (χ0v) is 13.2. The summed E-state index contributed by atoms with van der Waals surface area (Å²) in [6.07, 6.45) is 1.82. The van der Waals surface area contributed by atoms with Crippen molar-refractivity contribution in [2.45, 2.75) is 19.8 Å². The molecule has 0 spiro atoms. The fraction of sp³-hybridized carbons (Fsp3) is 0.143. The molecule has 0 aliphatic rings. The Kier molecular flexibility index (Phi) is 4.33. The highest BCUT2D eigenvalue weighted by Gasteiger charge is 2.19. The number of aromatic hydroxyl groups is 2. The Morgan fingerprint density at radius 1 is 0.739 bits per heavy atom. The van der Waals surface area contributed by atoms with Crippen molar-refractivity contribution in [3.63, 3.8) is 0 Å². The van der Waals surface area contributed by atoms with Crippen LogP contribution in [-0.2, 0) is 6.42 Å². The van der Waals surface area contributed by atoms with Crippen molar-refractivity contribution in [2.24, 2.45) is 0 Å². The van der Waals surface area contributed by atoms with Gasteiger partial charge in [-0.15, -0.1) is 0 Å². The van der Waals surface area contributed by atoms with E-state index >= 15 is 0 Å². The topological polar surface area (TPSA) is 40.5 Å². The van der Waals surface area contributed by atoms with Crippen LogP contribution in [-0.4, -0.2) is 10.2 Å². The van der Waals surface area contributed by atoms with Gasteiger partial charge in [0.2, 0.25) is 0 Å². The molecule has 116 valence electrons. The number of aryl methyl sites for hydroxylation is 1. The van der Waals surface area contributed by atoms with Gasteiger partial charge in [0.15, 0.2) is 11.5 Å². The van der Waals surface area contributed by atoms with Crippen molar-refractivity contribution >= 4 is 0 Å². The molecular weight excluding hydrogens is 284 g/mol. The maximum absolute atomic E-state index is 10.5. The van der Waals surface area contributed by atoms with Crippen LogP contribution >= 0.6 is 0 Å². The first-order valence-electron chi connectivity index (χ1n) is 7.91. The lowest BCUT2D eigenvalue weighted by Crippen LogP contribution is -1.95. The van der Waals surface area contributed by atoms with Gasteiger partial charge in [-0.2, -0.15) is 0 Å². The molecular formula is C21H20O2. The second-order valence-corrected chi connectivity index (χ2v) is 5.64. The molecule has 0 heterocycles. The van der Waals surface area contributed by atoms with Crippen LogP contribution in [0.3, 0.4) is 0 Å². The van der Waals surface area contributed by atoms with E-state index in [2.05, 4.69) is 6.92 Å². The molecule has 0 saturated carbocycles. The fourth-order valence-corrected chi connectivity index (χ4v) is 3.00. The van der Waals surface area contributed by atoms with Gasteiger partial charge in [-0.1, -0.05) is 74.0 Å². The van der Waals surface area contributed by atoms with E-state index in [-0.39, 0.29) is 11.5 Å². The monoisotopic (exact) mass is 304 g/mol. The molecule has 0 bridgehead atoms. The van der Waals surface area contributed by atoms with Crippen LogP contribution in [0.15, 0.2) is 66.7 Å². The highest BCUT2D eigenvalue weighted by molar-refractivity contribution is 5.91. The van der Waals surface area contributed by atoms with Gasteiger partial charge in [0.05, 0.1) is 0 Å². The maximum atomic E-state index is 10.5. The summed E-state index contributed by atoms with van der Waals surface area (Å²) in [5, 5.41) is 20.7. The Morgan fingerprint density at radius 3 is 1.78 bits per heavy atom. The summed E-state index contributed by atoms with van der Waals surface area (Å²) in [6.45, 7) is 2.11. The number of hydrogen-bond donors (Lipinski definition) is 2. The van der Waals surface area contributed by atoms with E-state index in [0.717, 1.165) is 35.1 Å². The number of rotatable bonds is 4. The molecule has 3 rings (SSSR count). The summed E-state index contributed by atoms with van der Waals surface area (Å²) in [4.78, 5) is 0. The van der Waals surface area contributed by atoms with E-state index in [1.54, 1.807) is 6.07 Å². The van der Waals surface area contributed by atoms with Crippen LogP contribution in [0.2, 0.25) is 0 Å². The largest absolute Gasteiger partial charge is 0.504 e. The summed E-state index contributed by atoms with van der Waals surface area (Å²) >= 11 is 0. The molecule has 3 aromatic rings. The van der Waals surface area contributed by atoms with Crippen molar-refractivity contribution in [2.75, 3.05) is 0 Å². The van der Waals surface area contributed by atoms with Gasteiger partial charge in [0.1, 0.15) is 0 Å². The quantitative estimate of drug-likeness (QED) is 0.635. The second kappa shape index (κ2) is 6.57. The summed E-state index contributed by atoms with van der Waals surface area (Å²) in [5.41, 5.74) is 4.68. The lowest BCUT2D eigenvalue weighted by Gasteiger charge is -2.18. The Morgan fingerprint density at radius 2 is 1.26 bits per heavy atom. The number of phenols is 2. The molecule has 0 radical (unpaired) electrons. The number of phenolic OH excluding ortho intramolecular Hbond substituents is 2. The fourth-order valence-electron chi connectivity index (χ4n) is 3.00. The molecule has 0 atom stereocenters. The van der Waals surface area contributed by atoms with Crippen LogP contribution in [0.25, 0.3) is 22.3 Å². The van der Waals surface area contributed by atoms with Gasteiger partial charge >= 0.3 is 0 Å². The lowest BCUT2D eigenvalue weighted by atomic mass is 9.88. The van der Waals surface area contributed by atoms with E-state index in [9.17, 15) is 10.2 Å². The first-order valence-corrected chi connectivity index (χ1v) is 7.91. The van der Waals surface area contributed by atoms with Gasteiger partial charge in [-0.3, -0.25) is 0 Å². The van der Waals surface area contributed by atoms with Crippen LogP contribution < -0.4 is 0 Å². The van der Waals surface area contributed by atoms with E-state index in [1.807, 2.05) is 60.7 Å². The molecule has 0 unspecified atom stereocenters. The van der Waals surface area contributed by atoms with Crippen molar-refractivity contribution in [3.05, 3.63) is 72.3 Å². The van der Waals surface area contributed by atoms with Crippen LogP contribution in [0.5, 0.6) is 11.5 Å². The normalized spacial score (nSPS) is 10.7. The Balaban J connectivity index is 2.36. The van der Waals surface area contributed by atoms with Gasteiger partial charge in [-0.25, -0.2) is 0 Å². The van der Waals surface area contributed by atoms with Gasteiger partial charge in [0.25, 0.3) is 0 Å². The molecule has 0 aliphatic carbocycles. The molecule has 0 aromatic heterocycles. The van der Waals surface area contributed by atoms with Crippen molar-refractivity contribution in [3.8, 4) is 33.8 Å². The van der Waals surface area contributed by atoms with Gasteiger partial charge in [-0.05, 0) is 34.7 Å². The molecule has 2 N–H and O–H groups in total. The first-order chi connectivity index (χ1) is 11.2. The predicted octanol–water partition coefficient (Wildman–Crippen LogP) is 5.38. The molecule has 2 heteroatoms. The Bertz CT molecular complexity index is 793. The molecule has 0 amide bonds. The predicted molar refractivity (Wildman–Crippen MR) is 94.6 cm³/mol. The third-order valence-electron chi connectivity index (χ3n) is 4.01. The third-order valence-corrected chi connectivity index (χ3v) is 4.01. The van der Waals surface area contributed by atoms with Crippen molar-refractivity contribution in [1.29, 1.82) is 0 Å². The highest BCUT2D eigenvalue weighted by atomic mass is 16.3. The van der Waals surface area contributed by atoms with E-state index in [0.29, 0.717) is 5.56 Å². The lowest BCUT2D eigenvalue weighted by molar-refractivity contribution is 0.405. The summed E-state index contributed by atoms with van der Waals surface area (Å²) in [7, 11) is 0. The van der Waals surface area contributed by atoms with Crippen LogP contribution in [0, 0.1) is 0 Å². The minimum absolute atomic E-state index is 0.0603.